The number of nitrogens with zero attached hydrogens (tertiary/aromatic N) is 2. The van der Waals surface area contributed by atoms with E-state index >= 15 is 0 Å². The first-order valence-corrected chi connectivity index (χ1v) is 2.90. The summed E-state index contributed by atoms with van der Waals surface area (Å²) in [6, 6.07) is 0.470. The first-order valence-electron chi connectivity index (χ1n) is 2.90. The van der Waals surface area contributed by atoms with Gasteiger partial charge >= 0.3 is 0 Å². The number of rotatable bonds is 2. The second-order valence-electron chi connectivity index (χ2n) is 1.68. The van der Waals surface area contributed by atoms with Crippen LogP contribution in [0.15, 0.2) is 17.8 Å². The van der Waals surface area contributed by atoms with E-state index in [1.165, 1.54) is 13.3 Å². The Morgan fingerprint density at radius 1 is 1.90 bits per heavy atom. The van der Waals surface area contributed by atoms with E-state index in [9.17, 15) is 0 Å². The van der Waals surface area contributed by atoms with Crippen molar-refractivity contribution in [3.8, 4) is 0 Å². The van der Waals surface area contributed by atoms with Crippen molar-refractivity contribution in [2.45, 2.75) is 0 Å². The summed E-state index contributed by atoms with van der Waals surface area (Å²) in [5.74, 6) is 0. The quantitative estimate of drug-likeness (QED) is 0.336. The highest BCUT2D eigenvalue weighted by atomic mass is 16.5. The van der Waals surface area contributed by atoms with Crippen molar-refractivity contribution in [3.63, 3.8) is 0 Å². The Morgan fingerprint density at radius 2 is 2.50 bits per heavy atom. The maximum absolute atomic E-state index is 5.31. The molecule has 10 heavy (non-hydrogen) atoms. The zero-order valence-corrected chi connectivity index (χ0v) is 6.37. The highest BCUT2D eigenvalue weighted by Gasteiger charge is 2.00. The minimum atomic E-state index is 0.376. The van der Waals surface area contributed by atoms with Gasteiger partial charge in [-0.15, -0.1) is 0 Å². The molecule has 0 bridgehead atoms. The number of aliphatic imine (C=N–C) groups is 1. The summed E-state index contributed by atoms with van der Waals surface area (Å²) in [4.78, 5) is 5.49. The SMILES string of the molecule is C=CN=C(OC)N(C)CN. The summed E-state index contributed by atoms with van der Waals surface area (Å²) < 4.78 is 4.87. The summed E-state index contributed by atoms with van der Waals surface area (Å²) in [7, 11) is 3.32. The predicted molar refractivity (Wildman–Crippen MR) is 41.5 cm³/mol. The van der Waals surface area contributed by atoms with Crippen LogP contribution < -0.4 is 5.73 Å². The Balaban J connectivity index is 4.04. The van der Waals surface area contributed by atoms with Gasteiger partial charge in [0, 0.05) is 13.2 Å². The first-order chi connectivity index (χ1) is 4.76. The fourth-order valence-corrected chi connectivity index (χ4v) is 0.463. The Bertz CT molecular complexity index is 133. The molecular weight excluding hydrogens is 130 g/mol. The van der Waals surface area contributed by atoms with Gasteiger partial charge in [-0.05, 0) is 0 Å². The Kier molecular flexibility index (Phi) is 4.32. The third kappa shape index (κ3) is 2.50. The number of hydrogen-bond acceptors (Lipinski definition) is 3. The third-order valence-corrected chi connectivity index (χ3v) is 0.985. The van der Waals surface area contributed by atoms with Crippen LogP contribution in [0.1, 0.15) is 0 Å². The van der Waals surface area contributed by atoms with E-state index in [1.807, 2.05) is 0 Å². The Labute approximate surface area is 61.0 Å². The van der Waals surface area contributed by atoms with Crippen molar-refractivity contribution < 1.29 is 4.74 Å². The van der Waals surface area contributed by atoms with Crippen molar-refractivity contribution in [1.29, 1.82) is 0 Å². The Morgan fingerprint density at radius 3 is 2.80 bits per heavy atom. The highest BCUT2D eigenvalue weighted by Crippen LogP contribution is 1.86. The molecule has 0 atom stereocenters. The molecule has 0 fully saturated rings. The van der Waals surface area contributed by atoms with Gasteiger partial charge in [0.1, 0.15) is 0 Å². The van der Waals surface area contributed by atoms with Gasteiger partial charge in [-0.1, -0.05) is 6.58 Å². The number of methoxy groups -OCH3 is 1. The molecule has 2 N–H and O–H groups in total. The molecule has 0 aromatic carbocycles. The molecule has 0 rings (SSSR count). The van der Waals surface area contributed by atoms with Crippen LogP contribution in [0.5, 0.6) is 0 Å². The average molecular weight is 143 g/mol. The summed E-state index contributed by atoms with van der Waals surface area (Å²) in [6.07, 6.45) is 1.41. The minimum absolute atomic E-state index is 0.376. The molecular formula is C6H13N3O. The predicted octanol–water partition coefficient (Wildman–Crippen LogP) is -0.0197. The zero-order valence-electron chi connectivity index (χ0n) is 6.37. The molecule has 58 valence electrons. The van der Waals surface area contributed by atoms with Crippen LogP contribution in [-0.2, 0) is 4.74 Å². The van der Waals surface area contributed by atoms with Gasteiger partial charge in [-0.25, -0.2) is 4.99 Å². The van der Waals surface area contributed by atoms with E-state index in [2.05, 4.69) is 11.6 Å². The maximum atomic E-state index is 5.31. The summed E-state index contributed by atoms with van der Waals surface area (Å²) in [5, 5.41) is 0. The number of amidine groups is 1. The molecule has 0 aromatic rings. The van der Waals surface area contributed by atoms with Gasteiger partial charge < -0.3 is 15.4 Å². The molecule has 4 heteroatoms. The lowest BCUT2D eigenvalue weighted by Crippen LogP contribution is -2.33. The molecule has 0 aliphatic rings. The second-order valence-corrected chi connectivity index (χ2v) is 1.68. The minimum Gasteiger partial charge on any atom is -0.468 e. The van der Waals surface area contributed by atoms with Crippen molar-refractivity contribution in [2.75, 3.05) is 20.8 Å². The van der Waals surface area contributed by atoms with Gasteiger partial charge in [0.15, 0.2) is 0 Å². The second kappa shape index (κ2) is 4.81. The maximum Gasteiger partial charge on any atom is 0.292 e. The largest absolute Gasteiger partial charge is 0.468 e. The lowest BCUT2D eigenvalue weighted by atomic mass is 10.8. The van der Waals surface area contributed by atoms with Crippen LogP contribution in [0.2, 0.25) is 0 Å². The molecule has 0 spiro atoms. The summed E-state index contributed by atoms with van der Waals surface area (Å²) in [5.41, 5.74) is 5.31. The normalized spacial score (nSPS) is 10.9. The van der Waals surface area contributed by atoms with Crippen molar-refractivity contribution in [3.05, 3.63) is 12.8 Å². The van der Waals surface area contributed by atoms with E-state index in [-0.39, 0.29) is 0 Å². The van der Waals surface area contributed by atoms with Crippen molar-refractivity contribution in [2.24, 2.45) is 10.7 Å². The van der Waals surface area contributed by atoms with E-state index < -0.39 is 0 Å². The van der Waals surface area contributed by atoms with Crippen LogP contribution >= 0.6 is 0 Å². The first kappa shape index (κ1) is 8.97. The molecule has 0 unspecified atom stereocenters. The number of hydrogen-bond donors (Lipinski definition) is 1. The fraction of sp³-hybridized carbons (Fsp3) is 0.500. The summed E-state index contributed by atoms with van der Waals surface area (Å²) in [6.45, 7) is 3.81. The fourth-order valence-electron chi connectivity index (χ4n) is 0.463. The van der Waals surface area contributed by atoms with Crippen LogP contribution in [0.4, 0.5) is 0 Å². The van der Waals surface area contributed by atoms with Gasteiger partial charge in [0.05, 0.1) is 13.8 Å². The molecule has 0 aromatic heterocycles. The van der Waals surface area contributed by atoms with Crippen LogP contribution in [0.3, 0.4) is 0 Å². The van der Waals surface area contributed by atoms with Crippen molar-refractivity contribution >= 4 is 6.02 Å². The van der Waals surface area contributed by atoms with E-state index in [0.29, 0.717) is 12.7 Å². The number of ether oxygens (including phenoxy) is 1. The molecule has 0 amide bonds. The van der Waals surface area contributed by atoms with Gasteiger partial charge in [0.25, 0.3) is 6.02 Å². The molecule has 0 aliphatic carbocycles. The zero-order chi connectivity index (χ0) is 7.98. The highest BCUT2D eigenvalue weighted by molar-refractivity contribution is 5.73. The van der Waals surface area contributed by atoms with Gasteiger partial charge in [-0.2, -0.15) is 0 Å². The van der Waals surface area contributed by atoms with Crippen LogP contribution in [0.25, 0.3) is 0 Å². The monoisotopic (exact) mass is 143 g/mol. The van der Waals surface area contributed by atoms with E-state index in [1.54, 1.807) is 11.9 Å². The summed E-state index contributed by atoms with van der Waals surface area (Å²) >= 11 is 0. The standard InChI is InChI=1S/C6H13N3O/c1-4-8-6(10-3)9(2)5-7/h4H,1,5,7H2,2-3H3. The molecule has 0 aliphatic heterocycles. The average Bonchev–Trinajstić information content (AvgIpc) is 1.99. The molecule has 0 radical (unpaired) electrons. The lowest BCUT2D eigenvalue weighted by molar-refractivity contribution is 0.312. The topological polar surface area (TPSA) is 50.8 Å². The molecule has 0 saturated heterocycles. The van der Waals surface area contributed by atoms with Crippen LogP contribution in [-0.4, -0.2) is 31.7 Å². The van der Waals surface area contributed by atoms with E-state index in [0.717, 1.165) is 0 Å². The third-order valence-electron chi connectivity index (χ3n) is 0.985. The lowest BCUT2D eigenvalue weighted by Gasteiger charge is -2.15. The van der Waals surface area contributed by atoms with Crippen LogP contribution in [0, 0.1) is 0 Å². The molecule has 4 nitrogen and oxygen atoms in total. The number of nitrogens with two attached hydrogens (primary N) is 1. The smallest absolute Gasteiger partial charge is 0.292 e. The van der Waals surface area contributed by atoms with Crippen molar-refractivity contribution in [1.82, 2.24) is 4.90 Å². The van der Waals surface area contributed by atoms with Gasteiger partial charge in [0.2, 0.25) is 0 Å². The molecule has 0 saturated carbocycles. The van der Waals surface area contributed by atoms with E-state index in [4.69, 9.17) is 10.5 Å². The Hall–Kier alpha value is -1.03. The molecule has 0 heterocycles. The van der Waals surface area contributed by atoms with Gasteiger partial charge in [-0.3, -0.25) is 0 Å².